The second-order valence-corrected chi connectivity index (χ2v) is 7.60. The number of carbonyl (C=O) groups excluding carboxylic acids is 4. The molecule has 4 amide bonds. The minimum Gasteiger partial charge on any atom is -0.462 e. The van der Waals surface area contributed by atoms with Crippen LogP contribution in [0, 0.1) is 13.8 Å². The van der Waals surface area contributed by atoms with E-state index in [2.05, 4.69) is 10.3 Å². The van der Waals surface area contributed by atoms with Gasteiger partial charge in [-0.3, -0.25) is 19.9 Å². The first-order valence-corrected chi connectivity index (χ1v) is 10.6. The van der Waals surface area contributed by atoms with Gasteiger partial charge in [-0.1, -0.05) is 6.07 Å². The summed E-state index contributed by atoms with van der Waals surface area (Å²) in [5.41, 5.74) is 3.49. The van der Waals surface area contributed by atoms with Gasteiger partial charge in [0, 0.05) is 29.5 Å². The molecule has 0 bridgehead atoms. The number of nitrogens with zero attached hydrogens (tertiary/aromatic N) is 3. The molecule has 9 nitrogen and oxygen atoms in total. The van der Waals surface area contributed by atoms with Gasteiger partial charge in [0.2, 0.25) is 0 Å². The third kappa shape index (κ3) is 4.11. The molecule has 1 N–H and O–H groups in total. The molecule has 3 aromatic rings. The fraction of sp³-hybridized carbons (Fsp3) is 0.160. The number of pyridine rings is 1. The lowest BCUT2D eigenvalue weighted by Crippen LogP contribution is -2.54. The highest BCUT2D eigenvalue weighted by Crippen LogP contribution is 2.26. The Morgan fingerprint density at radius 1 is 1.06 bits per heavy atom. The van der Waals surface area contributed by atoms with Crippen LogP contribution in [-0.4, -0.2) is 40.0 Å². The van der Waals surface area contributed by atoms with E-state index in [1.54, 1.807) is 25.1 Å². The van der Waals surface area contributed by atoms with Gasteiger partial charge in [0.25, 0.3) is 11.8 Å². The van der Waals surface area contributed by atoms with Crippen LogP contribution in [0.2, 0.25) is 0 Å². The molecule has 1 aliphatic heterocycles. The Hall–Kier alpha value is -4.53. The average molecular weight is 458 g/mol. The summed E-state index contributed by atoms with van der Waals surface area (Å²) < 4.78 is 7.00. The standard InChI is InChI=1S/C25H22N4O5/c1-4-34-24(32)17-6-5-7-20(13-17)28-15(2)12-18(16(28)3)14-21-22(30)27-25(33)29(23(21)31)19-8-10-26-11-9-19/h5-14H,4H2,1-3H3,(H,27,30,33)/b21-14+. The number of urea groups is 1. The molecule has 0 unspecified atom stereocenters. The average Bonchev–Trinajstić information content (AvgIpc) is 3.10. The summed E-state index contributed by atoms with van der Waals surface area (Å²) in [6.45, 7) is 5.74. The lowest BCUT2D eigenvalue weighted by atomic mass is 10.1. The predicted octanol–water partition coefficient (Wildman–Crippen LogP) is 3.33. The van der Waals surface area contributed by atoms with Gasteiger partial charge in [-0.2, -0.15) is 0 Å². The molecule has 0 spiro atoms. The van der Waals surface area contributed by atoms with Crippen molar-refractivity contribution in [2.45, 2.75) is 20.8 Å². The highest BCUT2D eigenvalue weighted by atomic mass is 16.5. The van der Waals surface area contributed by atoms with Crippen LogP contribution in [0.4, 0.5) is 10.5 Å². The monoisotopic (exact) mass is 458 g/mol. The molecule has 2 aromatic heterocycles. The van der Waals surface area contributed by atoms with Gasteiger partial charge in [0.05, 0.1) is 17.9 Å². The predicted molar refractivity (Wildman–Crippen MR) is 124 cm³/mol. The number of anilines is 1. The Labute approximate surface area is 195 Å². The summed E-state index contributed by atoms with van der Waals surface area (Å²) in [6, 6.07) is 11.0. The molecule has 3 heterocycles. The number of rotatable bonds is 5. The van der Waals surface area contributed by atoms with Gasteiger partial charge in [-0.15, -0.1) is 0 Å². The quantitative estimate of drug-likeness (QED) is 0.357. The fourth-order valence-corrected chi connectivity index (χ4v) is 3.86. The van der Waals surface area contributed by atoms with Crippen LogP contribution >= 0.6 is 0 Å². The van der Waals surface area contributed by atoms with Crippen LogP contribution in [0.15, 0.2) is 60.4 Å². The van der Waals surface area contributed by atoms with Crippen LogP contribution in [0.25, 0.3) is 11.8 Å². The van der Waals surface area contributed by atoms with Gasteiger partial charge in [-0.05, 0) is 68.8 Å². The van der Waals surface area contributed by atoms with Crippen molar-refractivity contribution >= 4 is 35.6 Å². The highest BCUT2D eigenvalue weighted by molar-refractivity contribution is 6.39. The van der Waals surface area contributed by atoms with Gasteiger partial charge in [0.15, 0.2) is 0 Å². The van der Waals surface area contributed by atoms with Gasteiger partial charge < -0.3 is 9.30 Å². The Bertz CT molecular complexity index is 1340. The Balaban J connectivity index is 1.73. The van der Waals surface area contributed by atoms with E-state index in [1.165, 1.54) is 30.6 Å². The summed E-state index contributed by atoms with van der Waals surface area (Å²) in [7, 11) is 0. The fourth-order valence-electron chi connectivity index (χ4n) is 3.86. The largest absolute Gasteiger partial charge is 0.462 e. The number of aromatic nitrogens is 2. The maximum absolute atomic E-state index is 13.1. The van der Waals surface area contributed by atoms with E-state index in [0.717, 1.165) is 22.0 Å². The zero-order valence-electron chi connectivity index (χ0n) is 18.9. The smallest absolute Gasteiger partial charge is 0.338 e. The van der Waals surface area contributed by atoms with Crippen molar-refractivity contribution in [3.63, 3.8) is 0 Å². The van der Waals surface area contributed by atoms with Crippen LogP contribution in [-0.2, 0) is 14.3 Å². The number of carbonyl (C=O) groups is 4. The molecule has 1 saturated heterocycles. The zero-order valence-corrected chi connectivity index (χ0v) is 18.9. The van der Waals surface area contributed by atoms with E-state index in [-0.39, 0.29) is 12.2 Å². The molecule has 1 aromatic carbocycles. The maximum atomic E-state index is 13.1. The molecule has 0 aliphatic carbocycles. The van der Waals surface area contributed by atoms with E-state index in [0.29, 0.717) is 16.8 Å². The molecule has 0 radical (unpaired) electrons. The molecule has 0 saturated carbocycles. The SMILES string of the molecule is CCOC(=O)c1cccc(-n2c(C)cc(/C=C3\C(=O)NC(=O)N(c4ccncc4)C3=O)c2C)c1. The number of barbiturate groups is 1. The van der Waals surface area contributed by atoms with Gasteiger partial charge in [0.1, 0.15) is 5.57 Å². The summed E-state index contributed by atoms with van der Waals surface area (Å²) in [6.07, 6.45) is 4.37. The minimum absolute atomic E-state index is 0.170. The number of ether oxygens (including phenoxy) is 1. The maximum Gasteiger partial charge on any atom is 0.338 e. The van der Waals surface area contributed by atoms with Gasteiger partial charge in [-0.25, -0.2) is 14.5 Å². The minimum atomic E-state index is -0.820. The van der Waals surface area contributed by atoms with Gasteiger partial charge >= 0.3 is 12.0 Å². The number of aryl methyl sites for hydroxylation is 1. The van der Waals surface area contributed by atoms with Crippen LogP contribution < -0.4 is 10.2 Å². The molecule has 1 fully saturated rings. The van der Waals surface area contributed by atoms with E-state index < -0.39 is 23.8 Å². The first-order chi connectivity index (χ1) is 16.3. The van der Waals surface area contributed by atoms with E-state index in [9.17, 15) is 19.2 Å². The summed E-state index contributed by atoms with van der Waals surface area (Å²) in [4.78, 5) is 54.9. The second-order valence-electron chi connectivity index (χ2n) is 7.60. The molecule has 0 atom stereocenters. The summed E-state index contributed by atoms with van der Waals surface area (Å²) in [5, 5.41) is 2.21. The van der Waals surface area contributed by atoms with E-state index in [1.807, 2.05) is 30.5 Å². The van der Waals surface area contributed by atoms with Crippen molar-refractivity contribution < 1.29 is 23.9 Å². The van der Waals surface area contributed by atoms with E-state index >= 15 is 0 Å². The number of nitrogens with one attached hydrogen (secondary N) is 1. The number of benzene rings is 1. The van der Waals surface area contributed by atoms with Crippen molar-refractivity contribution in [2.24, 2.45) is 0 Å². The van der Waals surface area contributed by atoms with Crippen LogP contribution in [0.1, 0.15) is 34.2 Å². The highest BCUT2D eigenvalue weighted by Gasteiger charge is 2.37. The molecule has 4 rings (SSSR count). The normalized spacial score (nSPS) is 15.0. The van der Waals surface area contributed by atoms with Crippen molar-refractivity contribution in [2.75, 3.05) is 11.5 Å². The van der Waals surface area contributed by atoms with Crippen molar-refractivity contribution in [1.82, 2.24) is 14.9 Å². The number of hydrogen-bond donors (Lipinski definition) is 1. The first kappa shape index (κ1) is 22.7. The molecule has 172 valence electrons. The lowest BCUT2D eigenvalue weighted by molar-refractivity contribution is -0.122. The lowest BCUT2D eigenvalue weighted by Gasteiger charge is -2.26. The summed E-state index contributed by atoms with van der Waals surface area (Å²) >= 11 is 0. The Morgan fingerprint density at radius 2 is 1.79 bits per heavy atom. The summed E-state index contributed by atoms with van der Waals surface area (Å²) in [5.74, 6) is -1.91. The molecule has 1 aliphatic rings. The van der Waals surface area contributed by atoms with E-state index in [4.69, 9.17) is 4.74 Å². The van der Waals surface area contributed by atoms with Crippen LogP contribution in [0.5, 0.6) is 0 Å². The Kier molecular flexibility index (Phi) is 6.09. The number of hydrogen-bond acceptors (Lipinski definition) is 6. The molecule has 34 heavy (non-hydrogen) atoms. The topological polar surface area (TPSA) is 111 Å². The van der Waals surface area contributed by atoms with Crippen LogP contribution in [0.3, 0.4) is 0 Å². The third-order valence-electron chi connectivity index (χ3n) is 5.41. The molecular formula is C25H22N4O5. The Morgan fingerprint density at radius 3 is 2.50 bits per heavy atom. The number of amides is 4. The molecule has 9 heteroatoms. The van der Waals surface area contributed by atoms with Crippen molar-refractivity contribution in [1.29, 1.82) is 0 Å². The zero-order chi connectivity index (χ0) is 24.4. The van der Waals surface area contributed by atoms with Crippen molar-refractivity contribution in [3.8, 4) is 5.69 Å². The third-order valence-corrected chi connectivity index (χ3v) is 5.41. The number of esters is 1. The second kappa shape index (κ2) is 9.14. The first-order valence-electron chi connectivity index (χ1n) is 10.6. The molecular weight excluding hydrogens is 436 g/mol. The van der Waals surface area contributed by atoms with Crippen molar-refractivity contribution in [3.05, 3.63) is 82.9 Å². The number of imide groups is 2.